The summed E-state index contributed by atoms with van der Waals surface area (Å²) in [6.45, 7) is 2.14. The number of nitriles is 1. The van der Waals surface area contributed by atoms with Crippen LogP contribution < -0.4 is 4.90 Å². The van der Waals surface area contributed by atoms with E-state index in [2.05, 4.69) is 20.9 Å². The first-order valence-electron chi connectivity index (χ1n) is 8.47. The van der Waals surface area contributed by atoms with Crippen molar-refractivity contribution in [3.8, 4) is 6.07 Å². The van der Waals surface area contributed by atoms with Gasteiger partial charge in [0, 0.05) is 26.7 Å². The van der Waals surface area contributed by atoms with Crippen molar-refractivity contribution in [2.75, 3.05) is 37.8 Å². The van der Waals surface area contributed by atoms with Crippen molar-refractivity contribution in [2.24, 2.45) is 5.92 Å². The van der Waals surface area contributed by atoms with Crippen LogP contribution in [0.4, 0.5) is 5.82 Å². The number of nitrogens with zero attached hydrogens (tertiary/aromatic N) is 5. The van der Waals surface area contributed by atoms with Crippen molar-refractivity contribution in [1.29, 1.82) is 5.26 Å². The second-order valence-corrected chi connectivity index (χ2v) is 9.75. The summed E-state index contributed by atoms with van der Waals surface area (Å²) in [5.74, 6) is 1.04. The lowest BCUT2D eigenvalue weighted by Gasteiger charge is -2.34. The third-order valence-corrected chi connectivity index (χ3v) is 7.75. The highest BCUT2D eigenvalue weighted by Crippen LogP contribution is 2.32. The molecule has 2 aliphatic rings. The van der Waals surface area contributed by atoms with Crippen LogP contribution in [0.1, 0.15) is 31.2 Å². The maximum Gasteiger partial charge on any atom is 0.216 e. The van der Waals surface area contributed by atoms with E-state index in [4.69, 9.17) is 0 Å². The Bertz CT molecular complexity index is 765. The zero-order chi connectivity index (χ0) is 18.0. The van der Waals surface area contributed by atoms with Gasteiger partial charge < -0.3 is 4.90 Å². The lowest BCUT2D eigenvalue weighted by atomic mass is 9.96. The first-order chi connectivity index (χ1) is 12.0. The zero-order valence-electron chi connectivity index (χ0n) is 14.6. The molecular formula is C16H23N5O2S2. The van der Waals surface area contributed by atoms with Gasteiger partial charge in [0.2, 0.25) is 10.0 Å². The van der Waals surface area contributed by atoms with E-state index in [0.717, 1.165) is 38.8 Å². The van der Waals surface area contributed by atoms with Crippen LogP contribution in [0.25, 0.3) is 0 Å². The van der Waals surface area contributed by atoms with Crippen LogP contribution in [-0.4, -0.2) is 60.9 Å². The van der Waals surface area contributed by atoms with Crippen molar-refractivity contribution < 1.29 is 8.42 Å². The van der Waals surface area contributed by atoms with Crippen LogP contribution in [0, 0.1) is 17.2 Å². The molecule has 0 radical (unpaired) electrons. The molecule has 7 nitrogen and oxygen atoms in total. The summed E-state index contributed by atoms with van der Waals surface area (Å²) < 4.78 is 26.1. The normalized spacial score (nSPS) is 19.2. The summed E-state index contributed by atoms with van der Waals surface area (Å²) in [4.78, 5) is 10.8. The lowest BCUT2D eigenvalue weighted by molar-refractivity contribution is 0.327. The molecule has 0 atom stereocenters. The second kappa shape index (κ2) is 7.48. The number of aromatic nitrogens is 2. The number of thioether (sulfide) groups is 1. The molecule has 0 bridgehead atoms. The zero-order valence-corrected chi connectivity index (χ0v) is 16.2. The fourth-order valence-corrected chi connectivity index (χ4v) is 5.19. The lowest BCUT2D eigenvalue weighted by Crippen LogP contribution is -2.40. The molecule has 1 aliphatic carbocycles. The molecule has 25 heavy (non-hydrogen) atoms. The first-order valence-corrected chi connectivity index (χ1v) is 11.2. The Kier molecular flexibility index (Phi) is 5.51. The number of piperidine rings is 1. The van der Waals surface area contributed by atoms with Gasteiger partial charge in [0.05, 0.1) is 11.4 Å². The Labute approximate surface area is 153 Å². The van der Waals surface area contributed by atoms with Crippen molar-refractivity contribution in [3.05, 3.63) is 11.8 Å². The number of rotatable bonds is 6. The summed E-state index contributed by atoms with van der Waals surface area (Å²) in [6, 6.07) is 2.16. The second-order valence-electron chi connectivity index (χ2n) is 6.66. The molecule has 2 heterocycles. The predicted molar refractivity (Wildman–Crippen MR) is 98.0 cm³/mol. The van der Waals surface area contributed by atoms with E-state index in [1.807, 2.05) is 6.26 Å². The SMILES string of the molecule is CSc1ncc(C#N)c(N2CCC(CN(C)S(=O)(=O)C3CC3)CC2)n1. The highest BCUT2D eigenvalue weighted by molar-refractivity contribution is 7.98. The predicted octanol–water partition coefficient (Wildman–Crippen LogP) is 1.71. The van der Waals surface area contributed by atoms with Crippen LogP contribution >= 0.6 is 11.8 Å². The smallest absolute Gasteiger partial charge is 0.216 e. The molecule has 1 aromatic heterocycles. The molecule has 0 unspecified atom stereocenters. The molecule has 1 saturated carbocycles. The van der Waals surface area contributed by atoms with Gasteiger partial charge in [-0.2, -0.15) is 5.26 Å². The average Bonchev–Trinajstić information content (AvgIpc) is 3.47. The molecule has 0 N–H and O–H groups in total. The van der Waals surface area contributed by atoms with Gasteiger partial charge in [-0.05, 0) is 37.9 Å². The Morgan fingerprint density at radius 1 is 1.36 bits per heavy atom. The largest absolute Gasteiger partial charge is 0.355 e. The summed E-state index contributed by atoms with van der Waals surface area (Å²) in [7, 11) is -1.40. The molecule has 0 amide bonds. The minimum absolute atomic E-state index is 0.151. The van der Waals surface area contributed by atoms with E-state index in [0.29, 0.717) is 29.0 Å². The highest BCUT2D eigenvalue weighted by atomic mass is 32.2. The van der Waals surface area contributed by atoms with E-state index in [-0.39, 0.29) is 5.25 Å². The van der Waals surface area contributed by atoms with E-state index < -0.39 is 10.0 Å². The topological polar surface area (TPSA) is 90.2 Å². The standard InChI is InChI=1S/C16H23N5O2S2/c1-20(25(22,23)14-3-4-14)11-12-5-7-21(8-6-12)15-13(9-17)10-18-16(19-15)24-2/h10,12,14H,3-8,11H2,1-2H3. The average molecular weight is 382 g/mol. The van der Waals surface area contributed by atoms with Crippen molar-refractivity contribution in [3.63, 3.8) is 0 Å². The molecule has 1 aliphatic heterocycles. The maximum atomic E-state index is 12.3. The van der Waals surface area contributed by atoms with Gasteiger partial charge in [-0.15, -0.1) is 0 Å². The van der Waals surface area contributed by atoms with Crippen molar-refractivity contribution in [2.45, 2.75) is 36.1 Å². The van der Waals surface area contributed by atoms with Gasteiger partial charge in [-0.25, -0.2) is 22.7 Å². The van der Waals surface area contributed by atoms with Gasteiger partial charge in [0.15, 0.2) is 11.0 Å². The van der Waals surface area contributed by atoms with Gasteiger partial charge in [0.1, 0.15) is 11.6 Å². The molecule has 0 aromatic carbocycles. The van der Waals surface area contributed by atoms with Crippen LogP contribution in [0.2, 0.25) is 0 Å². The van der Waals surface area contributed by atoms with Gasteiger partial charge in [-0.1, -0.05) is 11.8 Å². The van der Waals surface area contributed by atoms with E-state index in [9.17, 15) is 13.7 Å². The van der Waals surface area contributed by atoms with Crippen LogP contribution in [0.5, 0.6) is 0 Å². The Morgan fingerprint density at radius 3 is 2.60 bits per heavy atom. The summed E-state index contributed by atoms with van der Waals surface area (Å²) >= 11 is 1.45. The third-order valence-electron chi connectivity index (χ3n) is 4.86. The van der Waals surface area contributed by atoms with Crippen molar-refractivity contribution in [1.82, 2.24) is 14.3 Å². The molecular weight excluding hydrogens is 358 g/mol. The number of hydrogen-bond donors (Lipinski definition) is 0. The quantitative estimate of drug-likeness (QED) is 0.547. The molecule has 0 spiro atoms. The molecule has 1 aromatic rings. The Balaban J connectivity index is 1.61. The number of sulfonamides is 1. The van der Waals surface area contributed by atoms with E-state index in [1.165, 1.54) is 11.8 Å². The van der Waals surface area contributed by atoms with Gasteiger partial charge >= 0.3 is 0 Å². The van der Waals surface area contributed by atoms with Gasteiger partial charge in [0.25, 0.3) is 0 Å². The minimum Gasteiger partial charge on any atom is -0.355 e. The molecule has 3 rings (SSSR count). The summed E-state index contributed by atoms with van der Waals surface area (Å²) in [5, 5.41) is 9.80. The van der Waals surface area contributed by atoms with E-state index >= 15 is 0 Å². The van der Waals surface area contributed by atoms with Gasteiger partial charge in [-0.3, -0.25) is 0 Å². The van der Waals surface area contributed by atoms with Crippen molar-refractivity contribution >= 4 is 27.6 Å². The fraction of sp³-hybridized carbons (Fsp3) is 0.688. The monoisotopic (exact) mass is 381 g/mol. The third kappa shape index (κ3) is 4.07. The van der Waals surface area contributed by atoms with Crippen LogP contribution in [0.3, 0.4) is 0 Å². The first kappa shape index (κ1) is 18.4. The van der Waals surface area contributed by atoms with E-state index in [1.54, 1.807) is 17.5 Å². The molecule has 9 heteroatoms. The minimum atomic E-state index is -3.10. The Hall–Kier alpha value is -1.37. The Morgan fingerprint density at radius 2 is 2.04 bits per heavy atom. The number of hydrogen-bond acceptors (Lipinski definition) is 7. The number of anilines is 1. The maximum absolute atomic E-state index is 12.3. The molecule has 136 valence electrons. The summed E-state index contributed by atoms with van der Waals surface area (Å²) in [5.41, 5.74) is 0.490. The fourth-order valence-electron chi connectivity index (χ4n) is 3.19. The summed E-state index contributed by atoms with van der Waals surface area (Å²) in [6.07, 6.45) is 6.88. The molecule has 1 saturated heterocycles. The highest BCUT2D eigenvalue weighted by Gasteiger charge is 2.39. The van der Waals surface area contributed by atoms with Crippen LogP contribution in [0.15, 0.2) is 11.4 Å². The molecule has 2 fully saturated rings. The van der Waals surface area contributed by atoms with Crippen LogP contribution in [-0.2, 0) is 10.0 Å².